The first-order valence-corrected chi connectivity index (χ1v) is 10.5. The topological polar surface area (TPSA) is 106 Å². The fourth-order valence-electron chi connectivity index (χ4n) is 7.12. The Morgan fingerprint density at radius 2 is 1.96 bits per heavy atom. The molecule has 6 nitrogen and oxygen atoms in total. The third-order valence-electron chi connectivity index (χ3n) is 8.72. The van der Waals surface area contributed by atoms with E-state index in [1.165, 1.54) is 5.57 Å². The zero-order chi connectivity index (χ0) is 19.8. The van der Waals surface area contributed by atoms with Gasteiger partial charge in [-0.1, -0.05) is 25.5 Å². The quantitative estimate of drug-likeness (QED) is 0.475. The Morgan fingerprint density at radius 1 is 1.21 bits per heavy atom. The maximum atomic E-state index is 10.6. The highest BCUT2D eigenvalue weighted by Gasteiger charge is 2.58. The van der Waals surface area contributed by atoms with Crippen LogP contribution in [-0.2, 0) is 11.8 Å². The smallest absolute Gasteiger partial charge is 0.197 e. The van der Waals surface area contributed by atoms with Crippen molar-refractivity contribution in [1.29, 1.82) is 10.7 Å². The van der Waals surface area contributed by atoms with Crippen molar-refractivity contribution in [2.24, 2.45) is 23.2 Å². The first-order chi connectivity index (χ1) is 13.3. The maximum absolute atomic E-state index is 10.6. The number of nitrogens with one attached hydrogen (secondary N) is 1. The number of allylic oxidation sites excluding steroid dienone is 1. The number of aliphatic hydroxyl groups excluding tert-OH is 1. The van der Waals surface area contributed by atoms with Gasteiger partial charge in [0.1, 0.15) is 6.07 Å². The van der Waals surface area contributed by atoms with E-state index in [1.54, 1.807) is 0 Å². The summed E-state index contributed by atoms with van der Waals surface area (Å²) in [5.41, 5.74) is 2.79. The van der Waals surface area contributed by atoms with Gasteiger partial charge in [-0.05, 0) is 68.1 Å². The molecular weight excluding hydrogens is 352 g/mol. The second kappa shape index (κ2) is 5.70. The van der Waals surface area contributed by atoms with Crippen molar-refractivity contribution >= 4 is 0 Å². The number of aliphatic hydroxyl groups is 1. The van der Waals surface area contributed by atoms with Gasteiger partial charge in [-0.25, -0.2) is 4.98 Å². The highest BCUT2D eigenvalue weighted by atomic mass is 16.5. The van der Waals surface area contributed by atoms with E-state index in [-0.39, 0.29) is 28.1 Å². The van der Waals surface area contributed by atoms with Crippen molar-refractivity contribution in [2.75, 3.05) is 0 Å². The number of fused-ring (bicyclic) bond motifs is 7. The van der Waals surface area contributed by atoms with Crippen LogP contribution >= 0.6 is 0 Å². The predicted octanol–water partition coefficient (Wildman–Crippen LogP) is 2.81. The summed E-state index contributed by atoms with van der Waals surface area (Å²) in [5, 5.41) is 38.1. The van der Waals surface area contributed by atoms with Crippen LogP contribution in [0.5, 0.6) is 0 Å². The Kier molecular flexibility index (Phi) is 3.65. The molecule has 0 saturated heterocycles. The van der Waals surface area contributed by atoms with Gasteiger partial charge in [0.2, 0.25) is 0 Å². The molecule has 0 aliphatic heterocycles. The molecule has 2 fully saturated rings. The highest BCUT2D eigenvalue weighted by Crippen LogP contribution is 2.63. The van der Waals surface area contributed by atoms with Gasteiger partial charge in [-0.3, -0.25) is 5.41 Å². The average Bonchev–Trinajstić information content (AvgIpc) is 2.98. The largest absolute Gasteiger partial charge is 0.427 e. The van der Waals surface area contributed by atoms with Gasteiger partial charge in [-0.2, -0.15) is 9.99 Å². The molecule has 0 spiro atoms. The second-order valence-electron chi connectivity index (χ2n) is 9.84. The van der Waals surface area contributed by atoms with E-state index in [0.29, 0.717) is 17.8 Å². The highest BCUT2D eigenvalue weighted by molar-refractivity contribution is 5.37. The fourth-order valence-corrected chi connectivity index (χ4v) is 7.12. The van der Waals surface area contributed by atoms with Crippen LogP contribution in [-0.4, -0.2) is 26.1 Å². The maximum Gasteiger partial charge on any atom is 0.197 e. The minimum atomic E-state index is -0.209. The van der Waals surface area contributed by atoms with Crippen LogP contribution in [0.3, 0.4) is 0 Å². The summed E-state index contributed by atoms with van der Waals surface area (Å²) in [7, 11) is 0. The van der Waals surface area contributed by atoms with Crippen LogP contribution in [0.2, 0.25) is 0 Å². The zero-order valence-corrected chi connectivity index (χ0v) is 16.6. The number of hydrogen-bond donors (Lipinski definition) is 3. The van der Waals surface area contributed by atoms with Crippen molar-refractivity contribution in [3.63, 3.8) is 0 Å². The lowest BCUT2D eigenvalue weighted by molar-refractivity contribution is -0.0172. The normalized spacial score (nSPS) is 41.1. The van der Waals surface area contributed by atoms with E-state index in [1.807, 2.05) is 6.07 Å². The van der Waals surface area contributed by atoms with Crippen LogP contribution in [0.25, 0.3) is 0 Å². The molecule has 1 heterocycles. The number of rotatable bonds is 0. The lowest BCUT2D eigenvalue weighted by Gasteiger charge is -2.57. The molecule has 4 aliphatic rings. The van der Waals surface area contributed by atoms with Gasteiger partial charge in [0.25, 0.3) is 0 Å². The molecule has 28 heavy (non-hydrogen) atoms. The molecule has 0 aromatic carbocycles. The van der Waals surface area contributed by atoms with E-state index in [9.17, 15) is 15.6 Å². The molecule has 1 aromatic rings. The van der Waals surface area contributed by atoms with Gasteiger partial charge in [-0.15, -0.1) is 0 Å². The number of aromatic nitrogens is 2. The van der Waals surface area contributed by atoms with Crippen molar-refractivity contribution in [3.05, 3.63) is 34.2 Å². The molecule has 1 aromatic heterocycles. The molecule has 6 atom stereocenters. The monoisotopic (exact) mass is 380 g/mol. The minimum absolute atomic E-state index is 0.00399. The molecule has 0 amide bonds. The van der Waals surface area contributed by atoms with Gasteiger partial charge >= 0.3 is 0 Å². The molecule has 6 heteroatoms. The van der Waals surface area contributed by atoms with Crippen LogP contribution in [0.15, 0.2) is 11.6 Å². The summed E-state index contributed by atoms with van der Waals surface area (Å²) in [6.07, 6.45) is 8.76. The predicted molar refractivity (Wildman–Crippen MR) is 101 cm³/mol. The number of nitrogens with zero attached hydrogens (tertiary/aromatic N) is 3. The summed E-state index contributed by atoms with van der Waals surface area (Å²) in [5.74, 6) is 1.46. The molecule has 148 valence electrons. The van der Waals surface area contributed by atoms with Gasteiger partial charge < -0.3 is 10.3 Å². The van der Waals surface area contributed by atoms with Crippen LogP contribution in [0.1, 0.15) is 69.5 Å². The summed E-state index contributed by atoms with van der Waals surface area (Å²) in [4.78, 5) is 4.56. The van der Waals surface area contributed by atoms with E-state index >= 15 is 0 Å². The summed E-state index contributed by atoms with van der Waals surface area (Å²) < 4.78 is 0.905. The summed E-state index contributed by atoms with van der Waals surface area (Å²) in [6.45, 7) is 4.64. The van der Waals surface area contributed by atoms with Crippen LogP contribution in [0.4, 0.5) is 0 Å². The third kappa shape index (κ3) is 2.11. The van der Waals surface area contributed by atoms with E-state index in [4.69, 9.17) is 5.41 Å². The molecule has 0 radical (unpaired) electrons. The standard InChI is InChI=1S/C22H28N4O2/c1-21-7-5-13(27)9-12(21)3-4-14-15(21)6-8-22(2)16(14)10-18-19(22)25-17(11-23)20(24)26(18)28/h3,13-16,24,27-28H,4-10H2,1-2H3/t13-,14-,15+,16-,21-,22-/m0/s1. The second-order valence-corrected chi connectivity index (χ2v) is 9.84. The molecular formula is C22H28N4O2. The van der Waals surface area contributed by atoms with Crippen molar-refractivity contribution in [1.82, 2.24) is 9.71 Å². The van der Waals surface area contributed by atoms with E-state index < -0.39 is 0 Å². The Labute approximate surface area is 165 Å². The van der Waals surface area contributed by atoms with Crippen LogP contribution < -0.4 is 5.49 Å². The van der Waals surface area contributed by atoms with Crippen LogP contribution in [0, 0.1) is 39.9 Å². The van der Waals surface area contributed by atoms with Gasteiger partial charge in [0, 0.05) is 5.41 Å². The molecule has 3 N–H and O–H groups in total. The molecule has 5 rings (SSSR count). The molecule has 0 bridgehead atoms. The Balaban J connectivity index is 1.58. The number of hydrogen-bond acceptors (Lipinski definition) is 5. The summed E-state index contributed by atoms with van der Waals surface area (Å²) >= 11 is 0. The SMILES string of the molecule is C[C@]12CC[C@H](O)CC1=CC[C@H]1[C@H]2CC[C@]2(C)c3nc(C#N)c(=N)n(O)c3C[C@@H]12. The zero-order valence-electron chi connectivity index (χ0n) is 16.6. The summed E-state index contributed by atoms with van der Waals surface area (Å²) in [6, 6.07) is 1.97. The van der Waals surface area contributed by atoms with E-state index in [2.05, 4.69) is 24.9 Å². The minimum Gasteiger partial charge on any atom is -0.427 e. The van der Waals surface area contributed by atoms with Gasteiger partial charge in [0.05, 0.1) is 17.5 Å². The number of nitriles is 1. The van der Waals surface area contributed by atoms with Crippen molar-refractivity contribution in [2.45, 2.75) is 70.3 Å². The molecule has 4 aliphatic carbocycles. The van der Waals surface area contributed by atoms with Gasteiger partial charge in [0.15, 0.2) is 11.2 Å². The fraction of sp³-hybridized carbons (Fsp3) is 0.682. The first kappa shape index (κ1) is 17.9. The molecule has 2 saturated carbocycles. The lowest BCUT2D eigenvalue weighted by Crippen LogP contribution is -2.51. The lowest BCUT2D eigenvalue weighted by atomic mass is 9.48. The third-order valence-corrected chi connectivity index (χ3v) is 8.72. The Morgan fingerprint density at radius 3 is 2.71 bits per heavy atom. The molecule has 0 unspecified atom stereocenters. The average molecular weight is 380 g/mol. The van der Waals surface area contributed by atoms with Crippen molar-refractivity contribution in [3.8, 4) is 6.07 Å². The first-order valence-electron chi connectivity index (χ1n) is 10.5. The Bertz CT molecular complexity index is 989. The van der Waals surface area contributed by atoms with Crippen molar-refractivity contribution < 1.29 is 10.3 Å². The van der Waals surface area contributed by atoms with E-state index in [0.717, 1.165) is 61.1 Å². The Hall–Kier alpha value is -2.13.